The van der Waals surface area contributed by atoms with Crippen molar-refractivity contribution in [2.75, 3.05) is 26.2 Å². The summed E-state index contributed by atoms with van der Waals surface area (Å²) in [5.74, 6) is 1.23. The van der Waals surface area contributed by atoms with Crippen molar-refractivity contribution in [1.29, 1.82) is 0 Å². The Balaban J connectivity index is 1.87. The number of nitrogens with zero attached hydrogens (tertiary/aromatic N) is 1. The highest BCUT2D eigenvalue weighted by molar-refractivity contribution is 7.87. The Morgan fingerprint density at radius 3 is 2.65 bits per heavy atom. The van der Waals surface area contributed by atoms with Crippen LogP contribution in [0.3, 0.4) is 0 Å². The number of piperidine rings is 1. The molecule has 0 aromatic heterocycles. The van der Waals surface area contributed by atoms with Gasteiger partial charge in [0.1, 0.15) is 0 Å². The summed E-state index contributed by atoms with van der Waals surface area (Å²) in [5.41, 5.74) is 0. The van der Waals surface area contributed by atoms with Gasteiger partial charge in [-0.05, 0) is 44.1 Å². The summed E-state index contributed by atoms with van der Waals surface area (Å²) in [6, 6.07) is 0.115. The quantitative estimate of drug-likeness (QED) is 0.665. The highest BCUT2D eigenvalue weighted by Crippen LogP contribution is 2.37. The molecule has 0 amide bonds. The predicted octanol–water partition coefficient (Wildman–Crippen LogP) is 1.33. The lowest BCUT2D eigenvalue weighted by Crippen LogP contribution is -2.52. The molecule has 0 radical (unpaired) electrons. The zero-order valence-corrected chi connectivity index (χ0v) is 13.6. The van der Waals surface area contributed by atoms with Crippen LogP contribution in [0.1, 0.15) is 46.0 Å². The van der Waals surface area contributed by atoms with Crippen molar-refractivity contribution in [3.63, 3.8) is 0 Å². The van der Waals surface area contributed by atoms with E-state index >= 15 is 0 Å². The maximum absolute atomic E-state index is 12.5. The summed E-state index contributed by atoms with van der Waals surface area (Å²) in [5, 5.41) is 3.36. The van der Waals surface area contributed by atoms with Crippen LogP contribution in [0, 0.1) is 11.8 Å². The van der Waals surface area contributed by atoms with Gasteiger partial charge in [-0.1, -0.05) is 20.3 Å². The first kappa shape index (κ1) is 16.2. The molecule has 20 heavy (non-hydrogen) atoms. The molecule has 3 atom stereocenters. The van der Waals surface area contributed by atoms with E-state index in [4.69, 9.17) is 0 Å². The smallest absolute Gasteiger partial charge is 0.279 e. The molecule has 3 unspecified atom stereocenters. The van der Waals surface area contributed by atoms with Crippen molar-refractivity contribution in [3.05, 3.63) is 0 Å². The summed E-state index contributed by atoms with van der Waals surface area (Å²) in [6.07, 6.45) is 5.31. The van der Waals surface area contributed by atoms with Gasteiger partial charge in [0.2, 0.25) is 0 Å². The van der Waals surface area contributed by atoms with Crippen LogP contribution in [0.4, 0.5) is 0 Å². The molecule has 1 saturated heterocycles. The van der Waals surface area contributed by atoms with Crippen LogP contribution in [0.2, 0.25) is 0 Å². The fourth-order valence-corrected chi connectivity index (χ4v) is 4.45. The summed E-state index contributed by atoms with van der Waals surface area (Å²) in [7, 11) is -3.30. The van der Waals surface area contributed by atoms with Crippen LogP contribution >= 0.6 is 0 Å². The van der Waals surface area contributed by atoms with Crippen LogP contribution in [-0.4, -0.2) is 44.9 Å². The van der Waals surface area contributed by atoms with E-state index in [0.717, 1.165) is 45.2 Å². The zero-order valence-electron chi connectivity index (χ0n) is 12.8. The molecule has 2 N–H and O–H groups in total. The molecule has 1 heterocycles. The molecular weight excluding hydrogens is 274 g/mol. The first-order chi connectivity index (χ1) is 9.54. The van der Waals surface area contributed by atoms with Gasteiger partial charge in [0.25, 0.3) is 10.2 Å². The SMILES string of the molecule is CCCNCC1CCCCN1S(=O)(=O)NCC1CC1C. The normalized spacial score (nSPS) is 31.4. The molecular formula is C14H29N3O2S. The zero-order chi connectivity index (χ0) is 14.6. The van der Waals surface area contributed by atoms with Crippen LogP contribution in [-0.2, 0) is 10.2 Å². The van der Waals surface area contributed by atoms with Gasteiger partial charge in [-0.15, -0.1) is 0 Å². The standard InChI is InChI=1S/C14H29N3O2S/c1-3-7-15-11-14-6-4-5-8-17(14)20(18,19)16-10-13-9-12(13)2/h12-16H,3-11H2,1-2H3. The Bertz CT molecular complexity index is 399. The lowest BCUT2D eigenvalue weighted by atomic mass is 10.1. The van der Waals surface area contributed by atoms with Crippen molar-refractivity contribution in [2.45, 2.75) is 52.0 Å². The van der Waals surface area contributed by atoms with Crippen molar-refractivity contribution >= 4 is 10.2 Å². The summed E-state index contributed by atoms with van der Waals surface area (Å²) in [4.78, 5) is 0. The van der Waals surface area contributed by atoms with E-state index in [9.17, 15) is 8.42 Å². The number of hydrogen-bond donors (Lipinski definition) is 2. The molecule has 5 nitrogen and oxygen atoms in total. The molecule has 0 aromatic carbocycles. The lowest BCUT2D eigenvalue weighted by molar-refractivity contribution is 0.243. The summed E-state index contributed by atoms with van der Waals surface area (Å²) < 4.78 is 29.4. The second-order valence-electron chi connectivity index (χ2n) is 6.29. The van der Waals surface area contributed by atoms with Gasteiger partial charge in [0.15, 0.2) is 0 Å². The molecule has 0 bridgehead atoms. The first-order valence-electron chi connectivity index (χ1n) is 8.01. The molecule has 118 valence electrons. The molecule has 0 aromatic rings. The molecule has 1 aliphatic carbocycles. The molecule has 2 aliphatic rings. The largest absolute Gasteiger partial charge is 0.315 e. The average molecular weight is 303 g/mol. The predicted molar refractivity (Wildman–Crippen MR) is 81.7 cm³/mol. The van der Waals surface area contributed by atoms with Crippen molar-refractivity contribution in [3.8, 4) is 0 Å². The molecule has 0 spiro atoms. The van der Waals surface area contributed by atoms with Gasteiger partial charge in [-0.25, -0.2) is 4.72 Å². The topological polar surface area (TPSA) is 61.4 Å². The van der Waals surface area contributed by atoms with Crippen molar-refractivity contribution < 1.29 is 8.42 Å². The minimum absolute atomic E-state index is 0.115. The highest BCUT2D eigenvalue weighted by atomic mass is 32.2. The fraction of sp³-hybridized carbons (Fsp3) is 1.00. The van der Waals surface area contributed by atoms with E-state index in [1.165, 1.54) is 0 Å². The molecule has 2 rings (SSSR count). The molecule has 6 heteroatoms. The molecule has 1 saturated carbocycles. The van der Waals surface area contributed by atoms with Gasteiger partial charge < -0.3 is 5.32 Å². The lowest BCUT2D eigenvalue weighted by Gasteiger charge is -2.34. The van der Waals surface area contributed by atoms with Crippen LogP contribution < -0.4 is 10.0 Å². The third-order valence-electron chi connectivity index (χ3n) is 4.49. The summed E-state index contributed by atoms with van der Waals surface area (Å²) >= 11 is 0. The Kier molecular flexibility index (Phi) is 5.84. The second-order valence-corrected chi connectivity index (χ2v) is 8.00. The van der Waals surface area contributed by atoms with Crippen molar-refractivity contribution in [2.24, 2.45) is 11.8 Å². The van der Waals surface area contributed by atoms with Gasteiger partial charge in [0.05, 0.1) is 0 Å². The Hall–Kier alpha value is -0.170. The van der Waals surface area contributed by atoms with E-state index in [1.807, 2.05) is 0 Å². The highest BCUT2D eigenvalue weighted by Gasteiger charge is 2.36. The first-order valence-corrected chi connectivity index (χ1v) is 9.45. The van der Waals surface area contributed by atoms with Gasteiger partial charge >= 0.3 is 0 Å². The maximum atomic E-state index is 12.5. The van der Waals surface area contributed by atoms with Gasteiger partial charge in [0, 0.05) is 25.7 Å². The van der Waals surface area contributed by atoms with E-state index in [0.29, 0.717) is 24.9 Å². The third kappa shape index (κ3) is 4.41. The third-order valence-corrected chi connectivity index (χ3v) is 6.12. The average Bonchev–Trinajstić information content (AvgIpc) is 3.13. The van der Waals surface area contributed by atoms with Gasteiger partial charge in [-0.3, -0.25) is 0 Å². The van der Waals surface area contributed by atoms with Crippen molar-refractivity contribution in [1.82, 2.24) is 14.3 Å². The Labute approximate surface area is 123 Å². The van der Waals surface area contributed by atoms with E-state index in [-0.39, 0.29) is 6.04 Å². The molecule has 2 fully saturated rings. The van der Waals surface area contributed by atoms with Crippen LogP contribution in [0.25, 0.3) is 0 Å². The Morgan fingerprint density at radius 2 is 2.00 bits per heavy atom. The number of nitrogens with one attached hydrogen (secondary N) is 2. The number of hydrogen-bond acceptors (Lipinski definition) is 3. The maximum Gasteiger partial charge on any atom is 0.279 e. The minimum atomic E-state index is -3.30. The van der Waals surface area contributed by atoms with E-state index in [2.05, 4.69) is 23.9 Å². The molecule has 1 aliphatic heterocycles. The second kappa shape index (κ2) is 7.20. The van der Waals surface area contributed by atoms with E-state index in [1.54, 1.807) is 4.31 Å². The number of rotatable bonds is 8. The van der Waals surface area contributed by atoms with Crippen LogP contribution in [0.15, 0.2) is 0 Å². The van der Waals surface area contributed by atoms with Crippen LogP contribution in [0.5, 0.6) is 0 Å². The monoisotopic (exact) mass is 303 g/mol. The van der Waals surface area contributed by atoms with Gasteiger partial charge in [-0.2, -0.15) is 12.7 Å². The minimum Gasteiger partial charge on any atom is -0.315 e. The van der Waals surface area contributed by atoms with E-state index < -0.39 is 10.2 Å². The summed E-state index contributed by atoms with van der Waals surface area (Å²) in [6.45, 7) is 7.30. The fourth-order valence-electron chi connectivity index (χ4n) is 2.92. The Morgan fingerprint density at radius 1 is 1.25 bits per heavy atom.